The smallest absolute Gasteiger partial charge is 0.138 e. The van der Waals surface area contributed by atoms with Gasteiger partial charge in [-0.2, -0.15) is 0 Å². The van der Waals surface area contributed by atoms with Crippen molar-refractivity contribution in [1.29, 1.82) is 0 Å². The van der Waals surface area contributed by atoms with Crippen LogP contribution in [-0.2, 0) is 6.42 Å². The zero-order valence-electron chi connectivity index (χ0n) is 12.8. The van der Waals surface area contributed by atoms with E-state index in [1.165, 1.54) is 0 Å². The van der Waals surface area contributed by atoms with Gasteiger partial charge in [0.1, 0.15) is 16.8 Å². The molecule has 20 heavy (non-hydrogen) atoms. The lowest BCUT2D eigenvalue weighted by atomic mass is 10.1. The van der Waals surface area contributed by atoms with Gasteiger partial charge in [0.25, 0.3) is 0 Å². The van der Waals surface area contributed by atoms with Crippen LogP contribution < -0.4 is 5.32 Å². The summed E-state index contributed by atoms with van der Waals surface area (Å²) in [6.45, 7) is 8.13. The van der Waals surface area contributed by atoms with Crippen molar-refractivity contribution in [3.63, 3.8) is 0 Å². The highest BCUT2D eigenvalue weighted by Gasteiger charge is 2.22. The topological polar surface area (TPSA) is 44.3 Å². The number of halogens is 1. The van der Waals surface area contributed by atoms with E-state index in [1.54, 1.807) is 0 Å². The lowest BCUT2D eigenvalue weighted by molar-refractivity contribution is 0.122. The van der Waals surface area contributed by atoms with E-state index in [0.717, 1.165) is 44.0 Å². The summed E-state index contributed by atoms with van der Waals surface area (Å²) in [5.41, 5.74) is 1.00. The average molecular weight is 298 g/mol. The van der Waals surface area contributed by atoms with Crippen LogP contribution in [0.15, 0.2) is 0 Å². The van der Waals surface area contributed by atoms with Crippen molar-refractivity contribution in [1.82, 2.24) is 19.8 Å². The van der Waals surface area contributed by atoms with Crippen LogP contribution in [0.5, 0.6) is 0 Å². The second-order valence-electron chi connectivity index (χ2n) is 5.52. The van der Waals surface area contributed by atoms with Gasteiger partial charge < -0.3 is 10.2 Å². The van der Waals surface area contributed by atoms with Gasteiger partial charge in [0, 0.05) is 37.8 Å². The van der Waals surface area contributed by atoms with Gasteiger partial charge >= 0.3 is 0 Å². The average Bonchev–Trinajstić information content (AvgIpc) is 2.39. The first-order chi connectivity index (χ1) is 9.51. The van der Waals surface area contributed by atoms with Crippen LogP contribution in [0.2, 0.25) is 5.15 Å². The minimum atomic E-state index is 0.493. The molecule has 1 fully saturated rings. The first-order valence-electron chi connectivity index (χ1n) is 7.17. The van der Waals surface area contributed by atoms with E-state index in [1.807, 2.05) is 6.92 Å². The summed E-state index contributed by atoms with van der Waals surface area (Å²) in [7, 11) is 4.35. The molecule has 1 aliphatic rings. The molecular formula is C14H24ClN5. The minimum Gasteiger partial charge on any atom is -0.368 e. The number of nitrogens with one attached hydrogen (secondary N) is 1. The summed E-state index contributed by atoms with van der Waals surface area (Å²) in [6, 6.07) is 0.493. The number of likely N-dealkylation sites (N-methyl/N-ethyl adjacent to an activating group) is 2. The molecule has 0 unspecified atom stereocenters. The standard InChI is InChI=1S/C14H24ClN5/c1-5-12-13(15)17-10(2)18-14(12)16-8-11-9-19(3)6-7-20(11)4/h11H,5-9H2,1-4H3,(H,16,17,18)/t11-/m1/s1. The Morgan fingerprint density at radius 1 is 1.30 bits per heavy atom. The van der Waals surface area contributed by atoms with Gasteiger partial charge in [0.2, 0.25) is 0 Å². The van der Waals surface area contributed by atoms with Gasteiger partial charge in [-0.25, -0.2) is 9.97 Å². The molecule has 0 amide bonds. The van der Waals surface area contributed by atoms with Crippen LogP contribution >= 0.6 is 11.6 Å². The Morgan fingerprint density at radius 2 is 2.05 bits per heavy atom. The minimum absolute atomic E-state index is 0.493. The molecule has 0 saturated carbocycles. The molecular weight excluding hydrogens is 274 g/mol. The van der Waals surface area contributed by atoms with E-state index in [9.17, 15) is 0 Å². The third kappa shape index (κ3) is 3.59. The molecule has 2 rings (SSSR count). The van der Waals surface area contributed by atoms with Gasteiger partial charge in [-0.3, -0.25) is 4.90 Å². The highest BCUT2D eigenvalue weighted by molar-refractivity contribution is 6.30. The predicted octanol–water partition coefficient (Wildman–Crippen LogP) is 1.66. The Kier molecular flexibility index (Phi) is 5.18. The number of hydrogen-bond donors (Lipinski definition) is 1. The van der Waals surface area contributed by atoms with Gasteiger partial charge in [0.15, 0.2) is 0 Å². The molecule has 112 valence electrons. The molecule has 0 aliphatic carbocycles. The van der Waals surface area contributed by atoms with E-state index in [2.05, 4.69) is 46.1 Å². The van der Waals surface area contributed by atoms with E-state index >= 15 is 0 Å². The normalized spacial score (nSPS) is 21.1. The zero-order chi connectivity index (χ0) is 14.7. The lowest BCUT2D eigenvalue weighted by Crippen LogP contribution is -2.52. The first kappa shape index (κ1) is 15.5. The van der Waals surface area contributed by atoms with Crippen molar-refractivity contribution in [3.8, 4) is 0 Å². The molecule has 1 atom stereocenters. The summed E-state index contributed by atoms with van der Waals surface area (Å²) in [5, 5.41) is 4.03. The Bertz CT molecular complexity index is 465. The van der Waals surface area contributed by atoms with Crippen LogP contribution in [0, 0.1) is 6.92 Å². The molecule has 1 aromatic rings. The maximum absolute atomic E-state index is 6.20. The third-order valence-electron chi connectivity index (χ3n) is 3.91. The van der Waals surface area contributed by atoms with Crippen molar-refractivity contribution in [2.75, 3.05) is 45.6 Å². The monoisotopic (exact) mass is 297 g/mol. The third-order valence-corrected chi connectivity index (χ3v) is 4.22. The van der Waals surface area contributed by atoms with Crippen LogP contribution in [0.3, 0.4) is 0 Å². The summed E-state index contributed by atoms with van der Waals surface area (Å²) in [6.07, 6.45) is 0.835. The fourth-order valence-electron chi connectivity index (χ4n) is 2.56. The fraction of sp³-hybridized carbons (Fsp3) is 0.714. The Labute approximate surface area is 126 Å². The molecule has 1 aromatic heterocycles. The van der Waals surface area contributed by atoms with Crippen molar-refractivity contribution in [2.45, 2.75) is 26.3 Å². The molecule has 0 radical (unpaired) electrons. The number of anilines is 1. The summed E-state index contributed by atoms with van der Waals surface area (Å²) in [5.74, 6) is 1.59. The number of piperazine rings is 1. The Hall–Kier alpha value is -0.910. The van der Waals surface area contributed by atoms with Crippen LogP contribution in [0.25, 0.3) is 0 Å². The molecule has 5 nitrogen and oxygen atoms in total. The van der Waals surface area contributed by atoms with Gasteiger partial charge in [-0.05, 0) is 27.4 Å². The molecule has 1 aliphatic heterocycles. The first-order valence-corrected chi connectivity index (χ1v) is 7.54. The molecule has 0 aromatic carbocycles. The number of rotatable bonds is 4. The predicted molar refractivity (Wildman–Crippen MR) is 83.6 cm³/mol. The number of aryl methyl sites for hydroxylation is 1. The van der Waals surface area contributed by atoms with Crippen molar-refractivity contribution in [3.05, 3.63) is 16.5 Å². The Morgan fingerprint density at radius 3 is 2.75 bits per heavy atom. The van der Waals surface area contributed by atoms with E-state index in [4.69, 9.17) is 11.6 Å². The molecule has 2 heterocycles. The second-order valence-corrected chi connectivity index (χ2v) is 5.88. The molecule has 0 bridgehead atoms. The van der Waals surface area contributed by atoms with Gasteiger partial charge in [-0.15, -0.1) is 0 Å². The molecule has 6 heteroatoms. The van der Waals surface area contributed by atoms with Gasteiger partial charge in [0.05, 0.1) is 0 Å². The van der Waals surface area contributed by atoms with E-state index in [-0.39, 0.29) is 0 Å². The molecule has 1 saturated heterocycles. The highest BCUT2D eigenvalue weighted by Crippen LogP contribution is 2.22. The van der Waals surface area contributed by atoms with Crippen LogP contribution in [0.4, 0.5) is 5.82 Å². The Balaban J connectivity index is 2.06. The maximum atomic E-state index is 6.20. The van der Waals surface area contributed by atoms with E-state index in [0.29, 0.717) is 17.0 Å². The quantitative estimate of drug-likeness (QED) is 0.856. The zero-order valence-corrected chi connectivity index (χ0v) is 13.5. The number of nitrogens with zero attached hydrogens (tertiary/aromatic N) is 4. The molecule has 1 N–H and O–H groups in total. The van der Waals surface area contributed by atoms with Crippen molar-refractivity contribution < 1.29 is 0 Å². The van der Waals surface area contributed by atoms with Crippen molar-refractivity contribution >= 4 is 17.4 Å². The number of hydrogen-bond acceptors (Lipinski definition) is 5. The molecule has 0 spiro atoms. The maximum Gasteiger partial charge on any atom is 0.138 e. The van der Waals surface area contributed by atoms with Gasteiger partial charge in [-0.1, -0.05) is 18.5 Å². The second kappa shape index (κ2) is 6.70. The fourth-order valence-corrected chi connectivity index (χ4v) is 2.90. The van der Waals surface area contributed by atoms with Crippen molar-refractivity contribution in [2.24, 2.45) is 0 Å². The summed E-state index contributed by atoms with van der Waals surface area (Å²) in [4.78, 5) is 13.5. The van der Waals surface area contributed by atoms with Crippen LogP contribution in [-0.4, -0.2) is 66.1 Å². The van der Waals surface area contributed by atoms with E-state index < -0.39 is 0 Å². The van der Waals surface area contributed by atoms with Crippen LogP contribution in [0.1, 0.15) is 18.3 Å². The number of aromatic nitrogens is 2. The SMILES string of the molecule is CCc1c(Cl)nc(C)nc1NC[C@@H]1CN(C)CCN1C. The lowest BCUT2D eigenvalue weighted by Gasteiger charge is -2.37. The largest absolute Gasteiger partial charge is 0.368 e. The summed E-state index contributed by atoms with van der Waals surface area (Å²) < 4.78 is 0. The summed E-state index contributed by atoms with van der Waals surface area (Å²) >= 11 is 6.20. The highest BCUT2D eigenvalue weighted by atomic mass is 35.5.